The fourth-order valence-corrected chi connectivity index (χ4v) is 20.6. The molecule has 1 fully saturated rings. The molecule has 1 aliphatic carbocycles. The molecule has 1 amide bonds. The molecule has 0 bridgehead atoms. The van der Waals surface area contributed by atoms with Crippen molar-refractivity contribution in [2.75, 3.05) is 0 Å². The van der Waals surface area contributed by atoms with Gasteiger partial charge in [0, 0.05) is 0 Å². The third kappa shape index (κ3) is 6.26. The first-order valence-corrected chi connectivity index (χ1v) is 20.4. The number of fused-ring (bicyclic) bond motifs is 1. The molecule has 190 valence electrons. The van der Waals surface area contributed by atoms with Crippen LogP contribution in [0, 0.1) is 12.8 Å². The van der Waals surface area contributed by atoms with Crippen molar-refractivity contribution in [3.05, 3.63) is 23.5 Å². The maximum atomic E-state index is 13.5. The van der Waals surface area contributed by atoms with Crippen LogP contribution in [0.4, 0.5) is 13.2 Å². The number of nitrogens with one attached hydrogen (secondary N) is 1. The van der Waals surface area contributed by atoms with Gasteiger partial charge in [0.05, 0.1) is 0 Å². The molecule has 0 radical (unpaired) electrons. The molecule has 2 aromatic rings. The standard InChI is InChI=1S/C13H12F3N4O.3C4H9.Sn/c1-7-4-5-17-11-9(6-18-20(7)11)12(21)19-10(8-2-3-8)13(14,15)16;3*1-3-4-2;/h4,6,8,10H,2-3H2,1H3,(H,19,21);3*1,3-4H2,2H3;. The van der Waals surface area contributed by atoms with Gasteiger partial charge in [-0.3, -0.25) is 0 Å². The molecule has 2 aromatic heterocycles. The van der Waals surface area contributed by atoms with Crippen molar-refractivity contribution in [2.45, 2.75) is 105 Å². The Morgan fingerprint density at radius 2 is 1.68 bits per heavy atom. The van der Waals surface area contributed by atoms with Crippen LogP contribution in [0.5, 0.6) is 0 Å². The number of halogens is 3. The molecule has 0 aliphatic heterocycles. The molecule has 1 unspecified atom stereocenters. The van der Waals surface area contributed by atoms with Gasteiger partial charge in [0.1, 0.15) is 0 Å². The Morgan fingerprint density at radius 1 is 1.12 bits per heavy atom. The van der Waals surface area contributed by atoms with Crippen molar-refractivity contribution in [1.82, 2.24) is 19.9 Å². The Balaban J connectivity index is 2.03. The van der Waals surface area contributed by atoms with Gasteiger partial charge in [-0.25, -0.2) is 0 Å². The van der Waals surface area contributed by atoms with Gasteiger partial charge in [-0.2, -0.15) is 0 Å². The molecule has 3 rings (SSSR count). The normalized spacial score (nSPS) is 15.6. The predicted molar refractivity (Wildman–Crippen MR) is 132 cm³/mol. The number of aryl methyl sites for hydroxylation is 1. The third-order valence-corrected chi connectivity index (χ3v) is 22.3. The summed E-state index contributed by atoms with van der Waals surface area (Å²) in [6.45, 7) is 8.60. The van der Waals surface area contributed by atoms with E-state index in [9.17, 15) is 18.0 Å². The number of nitrogens with zero attached hydrogens (tertiary/aromatic N) is 3. The number of hydrogen-bond donors (Lipinski definition) is 1. The van der Waals surface area contributed by atoms with Crippen molar-refractivity contribution in [3.63, 3.8) is 0 Å². The number of aromatic nitrogens is 3. The summed E-state index contributed by atoms with van der Waals surface area (Å²) in [7, 11) is 0. The van der Waals surface area contributed by atoms with E-state index in [1.807, 2.05) is 6.92 Å². The Bertz CT molecular complexity index is 949. The van der Waals surface area contributed by atoms with Crippen LogP contribution < -0.4 is 9.03 Å². The van der Waals surface area contributed by atoms with Crippen molar-refractivity contribution < 1.29 is 18.0 Å². The van der Waals surface area contributed by atoms with E-state index in [2.05, 4.69) is 37.3 Å². The van der Waals surface area contributed by atoms with E-state index < -0.39 is 42.4 Å². The summed E-state index contributed by atoms with van der Waals surface area (Å²) in [6, 6.07) is 0.345. The summed E-state index contributed by atoms with van der Waals surface area (Å²) in [5.41, 5.74) is 1.43. The second kappa shape index (κ2) is 11.6. The maximum absolute atomic E-state index is 13.5. The van der Waals surface area contributed by atoms with Crippen LogP contribution in [-0.2, 0) is 0 Å². The minimum absolute atomic E-state index is 0.140. The van der Waals surface area contributed by atoms with E-state index in [1.165, 1.54) is 38.8 Å². The second-order valence-electron chi connectivity index (χ2n) is 10.00. The number of hydrogen-bond acceptors (Lipinski definition) is 3. The van der Waals surface area contributed by atoms with E-state index in [0.717, 1.165) is 28.7 Å². The zero-order valence-corrected chi connectivity index (χ0v) is 23.8. The number of unbranched alkanes of at least 4 members (excludes halogenated alkanes) is 3. The molecule has 0 saturated heterocycles. The van der Waals surface area contributed by atoms with Gasteiger partial charge in [0.2, 0.25) is 0 Å². The first-order valence-electron chi connectivity index (χ1n) is 12.9. The van der Waals surface area contributed by atoms with Crippen molar-refractivity contribution in [1.29, 1.82) is 0 Å². The van der Waals surface area contributed by atoms with Gasteiger partial charge in [-0.05, 0) is 0 Å². The van der Waals surface area contributed by atoms with E-state index >= 15 is 0 Å². The molecule has 1 aliphatic rings. The third-order valence-electron chi connectivity index (χ3n) is 7.20. The monoisotopic (exact) mass is 588 g/mol. The number of rotatable bonds is 13. The Kier molecular flexibility index (Phi) is 9.31. The van der Waals surface area contributed by atoms with Gasteiger partial charge in [-0.15, -0.1) is 0 Å². The summed E-state index contributed by atoms with van der Waals surface area (Å²) >= 11 is -2.89. The van der Waals surface area contributed by atoms with Crippen LogP contribution in [0.1, 0.15) is 88.2 Å². The fourth-order valence-electron chi connectivity index (χ4n) is 4.97. The number of carbonyl (C=O) groups excluding carboxylic acids is 1. The molecule has 0 spiro atoms. The quantitative estimate of drug-likeness (QED) is 0.286. The molecule has 1 N–H and O–H groups in total. The molecule has 0 aromatic carbocycles. The second-order valence-corrected chi connectivity index (χ2v) is 23.0. The molecular weight excluding hydrogens is 548 g/mol. The van der Waals surface area contributed by atoms with Gasteiger partial charge < -0.3 is 0 Å². The van der Waals surface area contributed by atoms with Crippen LogP contribution >= 0.6 is 0 Å². The molecule has 34 heavy (non-hydrogen) atoms. The molecule has 1 saturated carbocycles. The molecule has 9 heteroatoms. The van der Waals surface area contributed by atoms with Gasteiger partial charge >= 0.3 is 206 Å². The molecule has 1 atom stereocenters. The van der Waals surface area contributed by atoms with Gasteiger partial charge in [0.25, 0.3) is 0 Å². The van der Waals surface area contributed by atoms with E-state index in [1.54, 1.807) is 4.52 Å². The van der Waals surface area contributed by atoms with E-state index in [4.69, 9.17) is 4.98 Å². The fraction of sp³-hybridized carbons (Fsp3) is 0.720. The van der Waals surface area contributed by atoms with Crippen molar-refractivity contribution in [2.24, 2.45) is 5.92 Å². The Morgan fingerprint density at radius 3 is 2.15 bits per heavy atom. The SMILES string of the molecule is CCC[CH2][Sn]([CH2]CCC)([CH2]CCC)[c]1cc(C)n2ncc(C(=O)NC(C3CC3)C(F)(F)F)c2n1. The zero-order valence-electron chi connectivity index (χ0n) is 21.0. The average molecular weight is 587 g/mol. The first-order chi connectivity index (χ1) is 16.2. The topological polar surface area (TPSA) is 59.3 Å². The van der Waals surface area contributed by atoms with Crippen LogP contribution in [0.2, 0.25) is 13.3 Å². The van der Waals surface area contributed by atoms with Gasteiger partial charge in [-0.1, -0.05) is 0 Å². The first kappa shape index (κ1) is 27.3. The summed E-state index contributed by atoms with van der Waals surface area (Å²) in [5.74, 6) is -1.26. The number of amides is 1. The summed E-state index contributed by atoms with van der Waals surface area (Å²) < 4.78 is 47.0. The van der Waals surface area contributed by atoms with Crippen LogP contribution in [-0.4, -0.2) is 51.1 Å². The van der Waals surface area contributed by atoms with Crippen LogP contribution in [0.25, 0.3) is 5.65 Å². The van der Waals surface area contributed by atoms with Crippen molar-refractivity contribution in [3.8, 4) is 0 Å². The number of carbonyl (C=O) groups is 1. The van der Waals surface area contributed by atoms with Gasteiger partial charge in [0.15, 0.2) is 0 Å². The predicted octanol–water partition coefficient (Wildman–Crippen LogP) is 6.16. The molecule has 5 nitrogen and oxygen atoms in total. The minimum atomic E-state index is -4.46. The van der Waals surface area contributed by atoms with Crippen LogP contribution in [0.3, 0.4) is 0 Å². The Hall–Kier alpha value is -1.32. The summed E-state index contributed by atoms with van der Waals surface area (Å²) in [4.78, 5) is 18.0. The van der Waals surface area contributed by atoms with Crippen molar-refractivity contribution >= 4 is 33.6 Å². The van der Waals surface area contributed by atoms with E-state index in [-0.39, 0.29) is 5.56 Å². The average Bonchev–Trinajstić information content (AvgIpc) is 3.53. The number of alkyl halides is 3. The molecule has 2 heterocycles. The van der Waals surface area contributed by atoms with Crippen LogP contribution in [0.15, 0.2) is 12.3 Å². The summed E-state index contributed by atoms with van der Waals surface area (Å²) in [6.07, 6.45) is 4.84. The zero-order chi connectivity index (χ0) is 24.9. The summed E-state index contributed by atoms with van der Waals surface area (Å²) in [5, 5.41) is 6.57. The van der Waals surface area contributed by atoms with E-state index in [0.29, 0.717) is 18.5 Å². The molecular formula is C25H39F3N4OSn. The Labute approximate surface area is 205 Å².